The van der Waals surface area contributed by atoms with Crippen molar-refractivity contribution in [2.75, 3.05) is 29.2 Å². The first-order valence-electron chi connectivity index (χ1n) is 6.12. The van der Waals surface area contributed by atoms with Crippen molar-refractivity contribution in [2.24, 2.45) is 0 Å². The van der Waals surface area contributed by atoms with Crippen LogP contribution in [0.1, 0.15) is 12.0 Å². The summed E-state index contributed by atoms with van der Waals surface area (Å²) < 4.78 is 11.0. The Morgan fingerprint density at radius 2 is 2.20 bits per heavy atom. The van der Waals surface area contributed by atoms with Crippen LogP contribution in [0.3, 0.4) is 0 Å². The summed E-state index contributed by atoms with van der Waals surface area (Å²) in [4.78, 5) is 22.0. The van der Waals surface area contributed by atoms with E-state index in [0.717, 1.165) is 5.56 Å². The Bertz CT molecular complexity index is 588. The molecular weight excluding hydrogens is 282 g/mol. The van der Waals surface area contributed by atoms with Gasteiger partial charge in [0.2, 0.25) is 5.91 Å². The van der Waals surface area contributed by atoms with E-state index in [1.54, 1.807) is 12.3 Å². The minimum Gasteiger partial charge on any atom is -0.379 e. The van der Waals surface area contributed by atoms with Crippen molar-refractivity contribution in [1.29, 1.82) is 0 Å². The zero-order valence-electron chi connectivity index (χ0n) is 11.0. The Morgan fingerprint density at radius 3 is 2.85 bits per heavy atom. The topological polar surface area (TPSA) is 101 Å². The van der Waals surface area contributed by atoms with Crippen LogP contribution in [-0.4, -0.2) is 33.6 Å². The number of fused-ring (bicyclic) bond motifs is 1. The summed E-state index contributed by atoms with van der Waals surface area (Å²) in [5.41, 5.74) is 1.68. The SMILES string of the molecule is CS(=O)CCNc1cc2c(cc1[N+](=O)[O-])CCC(=O)N2. The molecule has 2 N–H and O–H groups in total. The molecule has 1 atom stereocenters. The van der Waals surface area contributed by atoms with Crippen molar-refractivity contribution in [1.82, 2.24) is 0 Å². The second kappa shape index (κ2) is 6.00. The molecule has 0 bridgehead atoms. The zero-order valence-corrected chi connectivity index (χ0v) is 11.8. The van der Waals surface area contributed by atoms with Gasteiger partial charge in [-0.3, -0.25) is 19.1 Å². The number of nitro benzene ring substituents is 1. The van der Waals surface area contributed by atoms with Gasteiger partial charge in [0.25, 0.3) is 5.69 Å². The average molecular weight is 297 g/mol. The quantitative estimate of drug-likeness (QED) is 0.629. The Hall–Kier alpha value is -1.96. The van der Waals surface area contributed by atoms with Crippen LogP contribution in [0.5, 0.6) is 0 Å². The molecule has 1 unspecified atom stereocenters. The lowest BCUT2D eigenvalue weighted by atomic mass is 10.0. The molecule has 1 aromatic carbocycles. The highest BCUT2D eigenvalue weighted by Gasteiger charge is 2.22. The molecule has 1 aliphatic rings. The monoisotopic (exact) mass is 297 g/mol. The lowest BCUT2D eigenvalue weighted by molar-refractivity contribution is -0.384. The van der Waals surface area contributed by atoms with Crippen molar-refractivity contribution < 1.29 is 13.9 Å². The predicted octanol–water partition coefficient (Wildman–Crippen LogP) is 1.27. The van der Waals surface area contributed by atoms with Crippen molar-refractivity contribution in [3.05, 3.63) is 27.8 Å². The van der Waals surface area contributed by atoms with E-state index in [-0.39, 0.29) is 11.6 Å². The molecule has 1 aromatic rings. The maximum Gasteiger partial charge on any atom is 0.292 e. The highest BCUT2D eigenvalue weighted by molar-refractivity contribution is 7.84. The molecule has 0 aromatic heterocycles. The van der Waals surface area contributed by atoms with Gasteiger partial charge in [0.05, 0.1) is 4.92 Å². The second-order valence-electron chi connectivity index (χ2n) is 4.54. The number of hydrogen-bond donors (Lipinski definition) is 2. The second-order valence-corrected chi connectivity index (χ2v) is 6.09. The summed E-state index contributed by atoms with van der Waals surface area (Å²) in [5, 5.41) is 16.7. The highest BCUT2D eigenvalue weighted by atomic mass is 32.2. The fraction of sp³-hybridized carbons (Fsp3) is 0.417. The molecule has 0 aliphatic carbocycles. The Morgan fingerprint density at radius 1 is 1.45 bits per heavy atom. The Kier molecular flexibility index (Phi) is 4.33. The van der Waals surface area contributed by atoms with Crippen LogP contribution in [0.4, 0.5) is 17.1 Å². The molecule has 1 amide bonds. The number of benzene rings is 1. The first-order chi connectivity index (χ1) is 9.47. The van der Waals surface area contributed by atoms with Gasteiger partial charge in [0.1, 0.15) is 5.69 Å². The van der Waals surface area contributed by atoms with E-state index in [9.17, 15) is 19.1 Å². The number of nitro groups is 1. The number of anilines is 2. The number of nitrogens with zero attached hydrogens (tertiary/aromatic N) is 1. The molecule has 0 fully saturated rings. The smallest absolute Gasteiger partial charge is 0.292 e. The standard InChI is InChI=1S/C12H15N3O4S/c1-20(19)5-4-13-10-7-9-8(2-3-12(16)14-9)6-11(10)15(17)18/h6-7,13H,2-5H2,1H3,(H,14,16). The van der Waals surface area contributed by atoms with Gasteiger partial charge in [-0.1, -0.05) is 0 Å². The van der Waals surface area contributed by atoms with E-state index in [1.165, 1.54) is 6.07 Å². The average Bonchev–Trinajstić information content (AvgIpc) is 2.37. The van der Waals surface area contributed by atoms with E-state index in [2.05, 4.69) is 10.6 Å². The predicted molar refractivity (Wildman–Crippen MR) is 77.5 cm³/mol. The van der Waals surface area contributed by atoms with Crippen LogP contribution in [0.25, 0.3) is 0 Å². The summed E-state index contributed by atoms with van der Waals surface area (Å²) >= 11 is 0. The van der Waals surface area contributed by atoms with Gasteiger partial charge >= 0.3 is 0 Å². The molecule has 8 heteroatoms. The minimum absolute atomic E-state index is 0.0261. The Labute approximate surface area is 118 Å². The van der Waals surface area contributed by atoms with E-state index in [4.69, 9.17) is 0 Å². The first kappa shape index (κ1) is 14.4. The number of amides is 1. The van der Waals surface area contributed by atoms with Gasteiger partial charge in [0, 0.05) is 47.5 Å². The lowest BCUT2D eigenvalue weighted by Crippen LogP contribution is -2.20. The fourth-order valence-corrected chi connectivity index (χ4v) is 2.43. The van der Waals surface area contributed by atoms with Crippen LogP contribution in [0.15, 0.2) is 12.1 Å². The van der Waals surface area contributed by atoms with Gasteiger partial charge in [-0.05, 0) is 18.1 Å². The lowest BCUT2D eigenvalue weighted by Gasteiger charge is -2.18. The van der Waals surface area contributed by atoms with Crippen molar-refractivity contribution in [2.45, 2.75) is 12.8 Å². The van der Waals surface area contributed by atoms with Gasteiger partial charge < -0.3 is 10.6 Å². The van der Waals surface area contributed by atoms with Crippen LogP contribution in [0, 0.1) is 10.1 Å². The van der Waals surface area contributed by atoms with Crippen molar-refractivity contribution in [3.8, 4) is 0 Å². The zero-order chi connectivity index (χ0) is 14.7. The number of aryl methyl sites for hydroxylation is 1. The van der Waals surface area contributed by atoms with Crippen LogP contribution < -0.4 is 10.6 Å². The molecule has 20 heavy (non-hydrogen) atoms. The molecule has 0 saturated heterocycles. The summed E-state index contributed by atoms with van der Waals surface area (Å²) in [7, 11) is -0.966. The number of carbonyl (C=O) groups is 1. The normalized spacial score (nSPS) is 15.2. The molecule has 108 valence electrons. The van der Waals surface area contributed by atoms with Gasteiger partial charge in [0.15, 0.2) is 0 Å². The van der Waals surface area contributed by atoms with E-state index >= 15 is 0 Å². The maximum atomic E-state index is 11.4. The summed E-state index contributed by atoms with van der Waals surface area (Å²) in [6.07, 6.45) is 2.41. The fourth-order valence-electron chi connectivity index (χ4n) is 2.04. The largest absolute Gasteiger partial charge is 0.379 e. The molecule has 0 saturated carbocycles. The molecule has 1 heterocycles. The molecule has 2 rings (SSSR count). The van der Waals surface area contributed by atoms with Crippen LogP contribution >= 0.6 is 0 Å². The molecular formula is C12H15N3O4S. The Balaban J connectivity index is 2.28. The number of nitrogens with one attached hydrogen (secondary N) is 2. The molecule has 7 nitrogen and oxygen atoms in total. The van der Waals surface area contributed by atoms with E-state index < -0.39 is 15.7 Å². The number of hydrogen-bond acceptors (Lipinski definition) is 5. The number of carbonyl (C=O) groups excluding carboxylic acids is 1. The van der Waals surface area contributed by atoms with Crippen molar-refractivity contribution >= 4 is 33.8 Å². The third kappa shape index (κ3) is 3.32. The first-order valence-corrected chi connectivity index (χ1v) is 7.85. The maximum absolute atomic E-state index is 11.4. The van der Waals surface area contributed by atoms with Crippen molar-refractivity contribution in [3.63, 3.8) is 0 Å². The van der Waals surface area contributed by atoms with E-state index in [0.29, 0.717) is 36.5 Å². The van der Waals surface area contributed by atoms with Gasteiger partial charge in [-0.15, -0.1) is 0 Å². The third-order valence-corrected chi connectivity index (χ3v) is 3.80. The summed E-state index contributed by atoms with van der Waals surface area (Å²) in [5.74, 6) is 0.313. The number of rotatable bonds is 5. The van der Waals surface area contributed by atoms with Crippen LogP contribution in [-0.2, 0) is 22.0 Å². The van der Waals surface area contributed by atoms with Gasteiger partial charge in [-0.2, -0.15) is 0 Å². The third-order valence-electron chi connectivity index (χ3n) is 3.02. The van der Waals surface area contributed by atoms with E-state index in [1.807, 2.05) is 0 Å². The van der Waals surface area contributed by atoms with Crippen LogP contribution in [0.2, 0.25) is 0 Å². The minimum atomic E-state index is -0.966. The molecule has 0 spiro atoms. The highest BCUT2D eigenvalue weighted by Crippen LogP contribution is 2.33. The molecule has 0 radical (unpaired) electrons. The summed E-state index contributed by atoms with van der Waals surface area (Å²) in [6.45, 7) is 0.372. The van der Waals surface area contributed by atoms with Gasteiger partial charge in [-0.25, -0.2) is 0 Å². The summed E-state index contributed by atoms with van der Waals surface area (Å²) in [6, 6.07) is 3.06. The molecule has 1 aliphatic heterocycles.